The molecular formula is C19H19O2Zr. The number of terminal acetylenes is 1. The van der Waals surface area contributed by atoms with E-state index < -0.39 is 0 Å². The van der Waals surface area contributed by atoms with Crippen LogP contribution in [0.15, 0.2) is 48.6 Å². The average Bonchev–Trinajstić information content (AvgIpc) is 3.20. The second-order valence-corrected chi connectivity index (χ2v) is 4.33. The van der Waals surface area contributed by atoms with Crippen LogP contribution in [0, 0.1) is 12.3 Å². The average molecular weight is 371 g/mol. The molecule has 2 nitrogen and oxygen atoms in total. The fourth-order valence-corrected chi connectivity index (χ4v) is 2.51. The van der Waals surface area contributed by atoms with Crippen LogP contribution in [0.1, 0.15) is 17.5 Å². The Morgan fingerprint density at radius 3 is 2.45 bits per heavy atom. The van der Waals surface area contributed by atoms with Crippen molar-refractivity contribution in [3.63, 3.8) is 0 Å². The molecule has 3 heteroatoms. The zero-order chi connectivity index (χ0) is 15.7. The van der Waals surface area contributed by atoms with E-state index in [0.717, 1.165) is 20.6 Å². The Hall–Kier alpha value is -1.33. The van der Waals surface area contributed by atoms with Gasteiger partial charge < -0.3 is 10.2 Å². The molecule has 1 radical (unpaired) electrons. The molecule has 0 bridgehead atoms. The van der Waals surface area contributed by atoms with Gasteiger partial charge in [0.2, 0.25) is 0 Å². The first-order valence-electron chi connectivity index (χ1n) is 6.68. The van der Waals surface area contributed by atoms with Gasteiger partial charge in [-0.3, -0.25) is 0 Å². The van der Waals surface area contributed by atoms with E-state index in [2.05, 4.69) is 54.5 Å². The number of allylic oxidation sites excluding steroid dienone is 4. The van der Waals surface area contributed by atoms with Gasteiger partial charge in [0.1, 0.15) is 0 Å². The minimum absolute atomic E-state index is 0. The maximum atomic E-state index is 8.25. The van der Waals surface area contributed by atoms with Crippen molar-refractivity contribution in [2.24, 2.45) is 0 Å². The maximum Gasteiger partial charge on any atom is 3.00 e. The van der Waals surface area contributed by atoms with E-state index in [4.69, 9.17) is 16.6 Å². The summed E-state index contributed by atoms with van der Waals surface area (Å²) in [7, 11) is 1.50. The topological polar surface area (TPSA) is 46.1 Å². The Morgan fingerprint density at radius 1 is 1.18 bits per heavy atom. The van der Waals surface area contributed by atoms with E-state index in [1.54, 1.807) is 0 Å². The summed E-state index contributed by atoms with van der Waals surface area (Å²) in [6.07, 6.45) is 13.7. The van der Waals surface area contributed by atoms with Crippen molar-refractivity contribution in [1.29, 1.82) is 0 Å². The van der Waals surface area contributed by atoms with Gasteiger partial charge in [0.05, 0.1) is 0 Å². The van der Waals surface area contributed by atoms with Crippen molar-refractivity contribution < 1.29 is 36.4 Å². The van der Waals surface area contributed by atoms with Gasteiger partial charge in [-0.2, -0.15) is 14.2 Å². The second-order valence-electron chi connectivity index (χ2n) is 4.33. The first-order valence-corrected chi connectivity index (χ1v) is 6.68. The molecule has 2 aromatic rings. The third-order valence-electron chi connectivity index (χ3n) is 3.31. The van der Waals surface area contributed by atoms with Crippen LogP contribution in [0.3, 0.4) is 0 Å². The van der Waals surface area contributed by atoms with Crippen LogP contribution in [0.5, 0.6) is 0 Å². The fourth-order valence-electron chi connectivity index (χ4n) is 2.51. The molecule has 0 aliphatic heterocycles. The molecule has 0 spiro atoms. The van der Waals surface area contributed by atoms with Crippen molar-refractivity contribution in [3.05, 3.63) is 59.7 Å². The molecule has 0 heterocycles. The Balaban J connectivity index is 0.000000819. The van der Waals surface area contributed by atoms with Gasteiger partial charge in [0.25, 0.3) is 0 Å². The SMILES string of the molecule is C#CCc1c(C2=CC=CC2)[cH-]c2ccccc12.C[O-].C[O-].[Zr+3]. The van der Waals surface area contributed by atoms with Crippen molar-refractivity contribution in [2.75, 3.05) is 14.2 Å². The van der Waals surface area contributed by atoms with E-state index in [9.17, 15) is 0 Å². The minimum Gasteiger partial charge on any atom is -0.857 e. The van der Waals surface area contributed by atoms with Gasteiger partial charge in [-0.1, -0.05) is 36.4 Å². The summed E-state index contributed by atoms with van der Waals surface area (Å²) in [5, 5.41) is 19.1. The summed E-state index contributed by atoms with van der Waals surface area (Å²) in [4.78, 5) is 0. The Labute approximate surface area is 151 Å². The minimum atomic E-state index is 0. The van der Waals surface area contributed by atoms with Crippen LogP contribution in [0.2, 0.25) is 0 Å². The Morgan fingerprint density at radius 2 is 1.86 bits per heavy atom. The molecule has 111 valence electrons. The smallest absolute Gasteiger partial charge is 0.857 e. The van der Waals surface area contributed by atoms with E-state index in [1.807, 2.05) is 0 Å². The van der Waals surface area contributed by atoms with Crippen molar-refractivity contribution >= 4 is 16.3 Å². The van der Waals surface area contributed by atoms with E-state index in [-0.39, 0.29) is 26.2 Å². The van der Waals surface area contributed by atoms with Gasteiger partial charge in [-0.25, -0.2) is 0 Å². The number of benzene rings is 1. The largest absolute Gasteiger partial charge is 3.00 e. The summed E-state index contributed by atoms with van der Waals surface area (Å²) in [6.45, 7) is 0. The zero-order valence-electron chi connectivity index (χ0n) is 12.9. The number of fused-ring (bicyclic) bond motifs is 1. The summed E-state index contributed by atoms with van der Waals surface area (Å²) in [5.41, 5.74) is 4.01. The molecular weight excluding hydrogens is 351 g/mol. The molecule has 0 saturated heterocycles. The van der Waals surface area contributed by atoms with Gasteiger partial charge in [0, 0.05) is 6.42 Å². The molecule has 1 aliphatic carbocycles. The fraction of sp³-hybridized carbons (Fsp3) is 0.211. The first-order chi connectivity index (χ1) is 10.4. The quantitative estimate of drug-likeness (QED) is 0.600. The van der Waals surface area contributed by atoms with Gasteiger partial charge in [-0.15, -0.1) is 51.9 Å². The number of rotatable bonds is 2. The molecule has 0 fully saturated rings. The van der Waals surface area contributed by atoms with Crippen LogP contribution < -0.4 is 10.2 Å². The molecule has 1 aliphatic rings. The van der Waals surface area contributed by atoms with Crippen molar-refractivity contribution in [3.8, 4) is 12.3 Å². The summed E-state index contributed by atoms with van der Waals surface area (Å²) in [5.74, 6) is 2.78. The van der Waals surface area contributed by atoms with Crippen LogP contribution in [-0.2, 0) is 32.6 Å². The molecule has 3 rings (SSSR count). The van der Waals surface area contributed by atoms with Gasteiger partial charge in [0.15, 0.2) is 0 Å². The summed E-state index contributed by atoms with van der Waals surface area (Å²) < 4.78 is 0. The van der Waals surface area contributed by atoms with E-state index >= 15 is 0 Å². The van der Waals surface area contributed by atoms with Crippen LogP contribution in [0.4, 0.5) is 0 Å². The van der Waals surface area contributed by atoms with Gasteiger partial charge >= 0.3 is 26.2 Å². The molecule has 0 N–H and O–H groups in total. The van der Waals surface area contributed by atoms with E-state index in [0.29, 0.717) is 6.42 Å². The molecule has 0 aromatic heterocycles. The second kappa shape index (κ2) is 11.3. The zero-order valence-corrected chi connectivity index (χ0v) is 15.4. The first kappa shape index (κ1) is 20.7. The standard InChI is InChI=1S/C17H13.2CH3O.Zr/c1-2-7-16-15-11-6-5-10-14(15)12-17(16)13-8-3-4-9-13;2*1-2;/h1,3-6,8,10-12H,7,9H2;2*1H3;/q3*-1;+3. The Bertz CT molecular complexity index is 672. The normalized spacial score (nSPS) is 11.3. The molecule has 0 atom stereocenters. The number of hydrogen-bond acceptors (Lipinski definition) is 2. The monoisotopic (exact) mass is 369 g/mol. The molecule has 0 amide bonds. The van der Waals surface area contributed by atoms with Gasteiger partial charge in [-0.05, 0) is 6.42 Å². The van der Waals surface area contributed by atoms with Crippen LogP contribution in [0.25, 0.3) is 16.3 Å². The predicted octanol–water partition coefficient (Wildman–Crippen LogP) is 2.03. The van der Waals surface area contributed by atoms with Crippen LogP contribution >= 0.6 is 0 Å². The third kappa shape index (κ3) is 4.58. The molecule has 0 unspecified atom stereocenters. The Kier molecular flexibility index (Phi) is 10.6. The van der Waals surface area contributed by atoms with Crippen LogP contribution in [-0.4, -0.2) is 14.2 Å². The van der Waals surface area contributed by atoms with Crippen molar-refractivity contribution in [1.82, 2.24) is 0 Å². The maximum absolute atomic E-state index is 8.25. The third-order valence-corrected chi connectivity index (χ3v) is 3.31. The summed E-state index contributed by atoms with van der Waals surface area (Å²) in [6, 6.07) is 10.7. The predicted molar refractivity (Wildman–Crippen MR) is 85.7 cm³/mol. The summed E-state index contributed by atoms with van der Waals surface area (Å²) >= 11 is 0. The van der Waals surface area contributed by atoms with E-state index in [1.165, 1.54) is 27.5 Å². The molecule has 22 heavy (non-hydrogen) atoms. The number of hydrogen-bond donors (Lipinski definition) is 0. The van der Waals surface area contributed by atoms with Crippen molar-refractivity contribution in [2.45, 2.75) is 12.8 Å². The molecule has 2 aromatic carbocycles. The molecule has 0 saturated carbocycles.